The largest absolute Gasteiger partial charge is 0.330 e. The van der Waals surface area contributed by atoms with Gasteiger partial charge in [-0.25, -0.2) is 0 Å². The predicted octanol–water partition coefficient (Wildman–Crippen LogP) is 4.16. The molecule has 0 aromatic heterocycles. The Balaban J connectivity index is 2.51. The van der Waals surface area contributed by atoms with E-state index in [0.29, 0.717) is 36.2 Å². The number of carbonyl (C=O) groups excluding carboxylic acids is 1. The molecule has 0 fully saturated rings. The average molecular weight is 296 g/mol. The van der Waals surface area contributed by atoms with Gasteiger partial charge in [0, 0.05) is 17.9 Å². The molecule has 1 aromatic rings. The summed E-state index contributed by atoms with van der Waals surface area (Å²) in [6.45, 7) is 7.08. The molecule has 0 aliphatic heterocycles. The first-order valence-corrected chi connectivity index (χ1v) is 7.78. The number of halogens is 1. The molecule has 0 spiro atoms. The number of carbonyl (C=O) groups is 1. The van der Waals surface area contributed by atoms with Crippen LogP contribution in [-0.2, 0) is 11.2 Å². The van der Waals surface area contributed by atoms with Crippen LogP contribution in [0.1, 0.15) is 44.2 Å². The number of aryl methyl sites for hydroxylation is 1. The summed E-state index contributed by atoms with van der Waals surface area (Å²) in [4.78, 5) is 12.1. The lowest BCUT2D eigenvalue weighted by molar-refractivity contribution is -0.118. The summed E-state index contributed by atoms with van der Waals surface area (Å²) in [5.74, 6) is 1.38. The summed E-state index contributed by atoms with van der Waals surface area (Å²) < 4.78 is 0. The number of rotatable bonds is 8. The zero-order chi connectivity index (χ0) is 15.1. The molecule has 2 nitrogen and oxygen atoms in total. The van der Waals surface area contributed by atoms with Crippen LogP contribution in [0.3, 0.4) is 0 Å². The van der Waals surface area contributed by atoms with Crippen LogP contribution in [0.4, 0.5) is 0 Å². The van der Waals surface area contributed by atoms with E-state index in [9.17, 15) is 4.79 Å². The molecule has 1 aromatic carbocycles. The molecule has 20 heavy (non-hydrogen) atoms. The molecule has 1 rings (SSSR count). The second-order valence-electron chi connectivity index (χ2n) is 5.93. The van der Waals surface area contributed by atoms with Crippen molar-refractivity contribution < 1.29 is 4.79 Å². The first-order valence-electron chi connectivity index (χ1n) is 7.40. The summed E-state index contributed by atoms with van der Waals surface area (Å²) in [6, 6.07) is 5.87. The van der Waals surface area contributed by atoms with E-state index in [1.807, 2.05) is 25.1 Å². The average Bonchev–Trinajstić information content (AvgIpc) is 2.37. The van der Waals surface area contributed by atoms with Gasteiger partial charge in [-0.2, -0.15) is 0 Å². The Morgan fingerprint density at radius 1 is 1.30 bits per heavy atom. The van der Waals surface area contributed by atoms with Gasteiger partial charge in [-0.15, -0.1) is 0 Å². The van der Waals surface area contributed by atoms with Gasteiger partial charge in [0.15, 0.2) is 0 Å². The minimum Gasteiger partial charge on any atom is -0.330 e. The fraction of sp³-hybridized carbons (Fsp3) is 0.588. The van der Waals surface area contributed by atoms with Gasteiger partial charge in [0.25, 0.3) is 0 Å². The maximum Gasteiger partial charge on any atom is 0.137 e. The van der Waals surface area contributed by atoms with E-state index in [2.05, 4.69) is 13.8 Å². The minimum absolute atomic E-state index is 0.262. The van der Waals surface area contributed by atoms with Crippen molar-refractivity contribution in [3.63, 3.8) is 0 Å². The van der Waals surface area contributed by atoms with E-state index in [4.69, 9.17) is 17.3 Å². The third-order valence-electron chi connectivity index (χ3n) is 3.87. The molecule has 0 bridgehead atoms. The highest BCUT2D eigenvalue weighted by Gasteiger charge is 2.15. The van der Waals surface area contributed by atoms with Gasteiger partial charge in [0.1, 0.15) is 5.78 Å². The van der Waals surface area contributed by atoms with Crippen molar-refractivity contribution in [1.29, 1.82) is 0 Å². The highest BCUT2D eigenvalue weighted by Crippen LogP contribution is 2.22. The van der Waals surface area contributed by atoms with Crippen LogP contribution >= 0.6 is 11.6 Å². The molecule has 1 atom stereocenters. The number of ketones is 1. The second-order valence-corrected chi connectivity index (χ2v) is 6.34. The van der Waals surface area contributed by atoms with Crippen LogP contribution in [0.2, 0.25) is 5.02 Å². The molecule has 0 saturated heterocycles. The molecule has 0 saturated carbocycles. The van der Waals surface area contributed by atoms with Crippen LogP contribution in [0, 0.1) is 18.8 Å². The fourth-order valence-electron chi connectivity index (χ4n) is 2.47. The molecule has 0 aliphatic rings. The highest BCUT2D eigenvalue weighted by molar-refractivity contribution is 6.31. The SMILES string of the molecule is Cc1ccc(CC(=O)CCC(CCN)C(C)C)c(Cl)c1. The summed E-state index contributed by atoms with van der Waals surface area (Å²) >= 11 is 6.17. The van der Waals surface area contributed by atoms with Crippen molar-refractivity contribution in [3.8, 4) is 0 Å². The van der Waals surface area contributed by atoms with Crippen molar-refractivity contribution in [2.24, 2.45) is 17.6 Å². The zero-order valence-electron chi connectivity index (χ0n) is 12.8. The third kappa shape index (κ3) is 5.64. The summed E-state index contributed by atoms with van der Waals surface area (Å²) in [5, 5.41) is 0.695. The molecule has 0 radical (unpaired) electrons. The van der Waals surface area contributed by atoms with E-state index >= 15 is 0 Å². The molecule has 3 heteroatoms. The number of hydrogen-bond donors (Lipinski definition) is 1. The topological polar surface area (TPSA) is 43.1 Å². The van der Waals surface area contributed by atoms with E-state index in [1.165, 1.54) is 0 Å². The lowest BCUT2D eigenvalue weighted by Gasteiger charge is -2.19. The van der Waals surface area contributed by atoms with E-state index in [1.54, 1.807) is 0 Å². The highest BCUT2D eigenvalue weighted by atomic mass is 35.5. The van der Waals surface area contributed by atoms with E-state index < -0.39 is 0 Å². The molecular formula is C17H26ClNO. The van der Waals surface area contributed by atoms with Crippen molar-refractivity contribution >= 4 is 17.4 Å². The Bertz CT molecular complexity index is 443. The van der Waals surface area contributed by atoms with E-state index in [0.717, 1.165) is 24.0 Å². The second kappa shape index (κ2) is 8.43. The van der Waals surface area contributed by atoms with Crippen molar-refractivity contribution in [2.75, 3.05) is 6.54 Å². The molecule has 2 N–H and O–H groups in total. The van der Waals surface area contributed by atoms with Gasteiger partial charge in [-0.1, -0.05) is 37.6 Å². The van der Waals surface area contributed by atoms with Gasteiger partial charge >= 0.3 is 0 Å². The number of hydrogen-bond acceptors (Lipinski definition) is 2. The Kier molecular flexibility index (Phi) is 7.25. The predicted molar refractivity (Wildman–Crippen MR) is 86.1 cm³/mol. The normalized spacial score (nSPS) is 12.7. The molecule has 0 amide bonds. The van der Waals surface area contributed by atoms with Gasteiger partial charge < -0.3 is 5.73 Å². The molecular weight excluding hydrogens is 270 g/mol. The first kappa shape index (κ1) is 17.2. The zero-order valence-corrected chi connectivity index (χ0v) is 13.5. The molecule has 0 heterocycles. The van der Waals surface area contributed by atoms with Crippen LogP contribution < -0.4 is 5.73 Å². The fourth-order valence-corrected chi connectivity index (χ4v) is 2.77. The van der Waals surface area contributed by atoms with Crippen LogP contribution in [-0.4, -0.2) is 12.3 Å². The minimum atomic E-state index is 0.262. The van der Waals surface area contributed by atoms with Gasteiger partial charge in [-0.05, 0) is 55.3 Å². The first-order chi connectivity index (χ1) is 9.43. The Morgan fingerprint density at radius 3 is 2.55 bits per heavy atom. The van der Waals surface area contributed by atoms with E-state index in [-0.39, 0.29) is 5.78 Å². The maximum atomic E-state index is 12.1. The van der Waals surface area contributed by atoms with Crippen LogP contribution in [0.5, 0.6) is 0 Å². The number of Topliss-reactive ketones (excluding diaryl/α,β-unsaturated/α-hetero) is 1. The Hall–Kier alpha value is -0.860. The van der Waals surface area contributed by atoms with Gasteiger partial charge in [-0.3, -0.25) is 4.79 Å². The van der Waals surface area contributed by atoms with Gasteiger partial charge in [0.2, 0.25) is 0 Å². The van der Waals surface area contributed by atoms with Crippen LogP contribution in [0.25, 0.3) is 0 Å². The standard InChI is InChI=1S/C17H26ClNO/c1-12(2)14(8-9-19)6-7-16(20)11-15-5-4-13(3)10-17(15)18/h4-5,10,12,14H,6-9,11,19H2,1-3H3. The third-order valence-corrected chi connectivity index (χ3v) is 4.22. The summed E-state index contributed by atoms with van der Waals surface area (Å²) in [5.41, 5.74) is 7.68. The Labute approximate surface area is 127 Å². The number of benzene rings is 1. The number of nitrogens with two attached hydrogens (primary N) is 1. The smallest absolute Gasteiger partial charge is 0.137 e. The quantitative estimate of drug-likeness (QED) is 0.782. The van der Waals surface area contributed by atoms with Crippen molar-refractivity contribution in [1.82, 2.24) is 0 Å². The van der Waals surface area contributed by atoms with Crippen molar-refractivity contribution in [2.45, 2.75) is 46.5 Å². The lowest BCUT2D eigenvalue weighted by Crippen LogP contribution is -2.16. The molecule has 1 unspecified atom stereocenters. The Morgan fingerprint density at radius 2 is 2.00 bits per heavy atom. The summed E-state index contributed by atoms with van der Waals surface area (Å²) in [6.07, 6.45) is 2.98. The van der Waals surface area contributed by atoms with Crippen molar-refractivity contribution in [3.05, 3.63) is 34.3 Å². The van der Waals surface area contributed by atoms with Gasteiger partial charge in [0.05, 0.1) is 0 Å². The maximum absolute atomic E-state index is 12.1. The monoisotopic (exact) mass is 295 g/mol. The molecule has 0 aliphatic carbocycles. The molecule has 112 valence electrons. The van der Waals surface area contributed by atoms with Crippen LogP contribution in [0.15, 0.2) is 18.2 Å². The summed E-state index contributed by atoms with van der Waals surface area (Å²) in [7, 11) is 0. The lowest BCUT2D eigenvalue weighted by atomic mass is 9.87.